The van der Waals surface area contributed by atoms with Gasteiger partial charge in [0.2, 0.25) is 0 Å². The molecule has 0 atom stereocenters. The van der Waals surface area contributed by atoms with Gasteiger partial charge in [-0.3, -0.25) is 15.0 Å². The van der Waals surface area contributed by atoms with Crippen molar-refractivity contribution in [3.63, 3.8) is 0 Å². The number of benzene rings is 8. The van der Waals surface area contributed by atoms with Crippen LogP contribution in [0.5, 0.6) is 0 Å². The van der Waals surface area contributed by atoms with Crippen molar-refractivity contribution < 1.29 is 28.6 Å². The largest absolute Gasteiger partial charge is 0.501 e. The van der Waals surface area contributed by atoms with Gasteiger partial charge in [0.25, 0.3) is 0 Å². The Morgan fingerprint density at radius 1 is 0.653 bits per heavy atom. The molecular weight excluding hydrogens is 1060 g/mol. The zero-order valence-electron chi connectivity index (χ0n) is 46.5. The van der Waals surface area contributed by atoms with Crippen molar-refractivity contribution in [1.29, 1.82) is 0 Å². The smallest absolute Gasteiger partial charge is 0.121 e. The summed E-state index contributed by atoms with van der Waals surface area (Å²) in [4.78, 5) is 14.1. The van der Waals surface area contributed by atoms with Crippen LogP contribution in [-0.4, -0.2) is 19.5 Å². The van der Waals surface area contributed by atoms with Crippen molar-refractivity contribution in [3.8, 4) is 39.6 Å². The summed E-state index contributed by atoms with van der Waals surface area (Å²) in [6, 6.07) is 53.0. The molecule has 0 saturated heterocycles. The van der Waals surface area contributed by atoms with Crippen molar-refractivity contribution in [2.45, 2.75) is 113 Å². The Morgan fingerprint density at radius 2 is 1.35 bits per heavy atom. The minimum absolute atomic E-state index is 0. The van der Waals surface area contributed by atoms with Crippen molar-refractivity contribution in [2.75, 3.05) is 0 Å². The maximum atomic E-state index is 7.35. The van der Waals surface area contributed by atoms with Crippen LogP contribution in [0.4, 0.5) is 0 Å². The van der Waals surface area contributed by atoms with Gasteiger partial charge < -0.3 is 8.98 Å². The fourth-order valence-corrected chi connectivity index (χ4v) is 10.1. The van der Waals surface area contributed by atoms with Crippen LogP contribution < -0.4 is 0 Å². The van der Waals surface area contributed by atoms with Crippen molar-refractivity contribution >= 4 is 54.5 Å². The minimum atomic E-state index is -2.11. The van der Waals surface area contributed by atoms with Crippen LogP contribution in [0.3, 0.4) is 0 Å². The van der Waals surface area contributed by atoms with E-state index < -0.39 is 6.85 Å². The Balaban J connectivity index is 0.000000277. The van der Waals surface area contributed by atoms with E-state index in [-0.39, 0.29) is 48.3 Å². The Labute approximate surface area is 443 Å². The van der Waals surface area contributed by atoms with Gasteiger partial charge in [-0.2, -0.15) is 0 Å². The molecular formula is C66H64IrN4O-2. The SMILES string of the molecule is Cc1cc(C(C)(C)C)cc(C)c1-c1cc(C(C)C)c(-n2c(-c3[c-]ccc4c3oc3cc5c(ccc6ccccc65)cc34)nc3ccccc32)c(C(C)C)c1.[2H]C([2H])([2H])c1c[c-]c(-c2nccc(C(C)(C)C)n2)cc1.[Ir]. The first-order valence-electron chi connectivity index (χ1n) is 26.4. The number of para-hydroxylation sites is 2. The molecule has 0 amide bonds. The standard InChI is InChI=1S/C51H47N2O.C15H17N2.Ir/c1-29(2)40-26-35(47-31(5)23-36(24-32(47)6)51(7,8)9)27-41(30(3)4)48(40)53-45-20-13-12-19-44(45)52-50(53)39-18-14-17-38-43-25-34-22-21-33-15-10-11-16-37(33)42(34)28-46(43)54-49(38)39;1-11-5-7-12(8-6-11)14-16-10-9-13(17-14)15(2,3)4;/h10-17,19-30H,1-9H3;5-7,9-10H,1-4H3;/q2*-1;/i;1D3;. The summed E-state index contributed by atoms with van der Waals surface area (Å²) in [6.07, 6.45) is 1.72. The Kier molecular flexibility index (Phi) is 12.5. The monoisotopic (exact) mass is 1120 g/mol. The van der Waals surface area contributed by atoms with Gasteiger partial charge in [0.15, 0.2) is 0 Å². The molecule has 0 bridgehead atoms. The molecule has 0 aliphatic heterocycles. The predicted octanol–water partition coefficient (Wildman–Crippen LogP) is 18.1. The number of nitrogens with zero attached hydrogens (tertiary/aromatic N) is 4. The Bertz CT molecular complexity index is 3890. The van der Waals surface area contributed by atoms with Crippen LogP contribution in [0.1, 0.15) is 124 Å². The van der Waals surface area contributed by atoms with Gasteiger partial charge in [0.05, 0.1) is 28.3 Å². The molecule has 0 spiro atoms. The molecule has 0 unspecified atom stereocenters. The summed E-state index contributed by atoms with van der Waals surface area (Å²) in [7, 11) is 0. The fourth-order valence-electron chi connectivity index (χ4n) is 10.1. The van der Waals surface area contributed by atoms with E-state index in [9.17, 15) is 0 Å². The number of furan rings is 1. The molecule has 1 radical (unpaired) electrons. The minimum Gasteiger partial charge on any atom is -0.501 e. The summed E-state index contributed by atoms with van der Waals surface area (Å²) in [5.41, 5.74) is 16.9. The molecule has 8 aromatic carbocycles. The van der Waals surface area contributed by atoms with Gasteiger partial charge in [0.1, 0.15) is 5.58 Å². The van der Waals surface area contributed by atoms with Crippen molar-refractivity contribution in [2.24, 2.45) is 0 Å². The first-order chi connectivity index (χ1) is 35.1. The van der Waals surface area contributed by atoms with Gasteiger partial charge in [0, 0.05) is 52.6 Å². The molecule has 3 heterocycles. The molecule has 6 heteroatoms. The first kappa shape index (κ1) is 46.4. The second kappa shape index (κ2) is 19.4. The fraction of sp³-hybridized carbons (Fsp3) is 0.258. The van der Waals surface area contributed by atoms with E-state index in [1.165, 1.54) is 72.2 Å². The van der Waals surface area contributed by atoms with Crippen LogP contribution in [0.15, 0.2) is 144 Å². The van der Waals surface area contributed by atoms with E-state index >= 15 is 0 Å². The number of aryl methyl sites for hydroxylation is 3. The molecule has 365 valence electrons. The molecule has 0 aliphatic carbocycles. The third kappa shape index (κ3) is 9.32. The van der Waals surface area contributed by atoms with Crippen LogP contribution >= 0.6 is 0 Å². The van der Waals surface area contributed by atoms with E-state index in [1.807, 2.05) is 12.1 Å². The van der Waals surface area contributed by atoms with Crippen LogP contribution in [-0.2, 0) is 30.9 Å². The van der Waals surface area contributed by atoms with Crippen molar-refractivity contribution in [3.05, 3.63) is 191 Å². The second-order valence-corrected chi connectivity index (χ2v) is 21.9. The van der Waals surface area contributed by atoms with Crippen LogP contribution in [0, 0.1) is 32.8 Å². The number of imidazole rings is 1. The molecule has 0 fully saturated rings. The van der Waals surface area contributed by atoms with Crippen LogP contribution in [0.25, 0.3) is 94.1 Å². The van der Waals surface area contributed by atoms with E-state index in [0.717, 1.165) is 50.1 Å². The van der Waals surface area contributed by atoms with Crippen LogP contribution in [0.2, 0.25) is 0 Å². The molecule has 0 aliphatic rings. The topological polar surface area (TPSA) is 56.7 Å². The number of fused-ring (bicyclic) bond motifs is 7. The van der Waals surface area contributed by atoms with E-state index in [1.54, 1.807) is 18.3 Å². The van der Waals surface area contributed by atoms with Crippen molar-refractivity contribution in [1.82, 2.24) is 19.5 Å². The van der Waals surface area contributed by atoms with E-state index in [0.29, 0.717) is 11.4 Å². The van der Waals surface area contributed by atoms with Gasteiger partial charge in [-0.15, -0.1) is 53.6 Å². The molecule has 3 aromatic heterocycles. The van der Waals surface area contributed by atoms with Gasteiger partial charge in [-0.25, -0.2) is 0 Å². The summed E-state index contributed by atoms with van der Waals surface area (Å²) in [5.74, 6) is 1.92. The van der Waals surface area contributed by atoms with E-state index in [2.05, 4.69) is 213 Å². The van der Waals surface area contributed by atoms with Gasteiger partial charge in [-0.05, 0) is 134 Å². The summed E-state index contributed by atoms with van der Waals surface area (Å²) in [6.45, 7) is 24.8. The summed E-state index contributed by atoms with van der Waals surface area (Å²) in [5, 5.41) is 7.02. The predicted molar refractivity (Wildman–Crippen MR) is 299 cm³/mol. The first-order valence-corrected chi connectivity index (χ1v) is 24.9. The number of aromatic nitrogens is 4. The third-order valence-corrected chi connectivity index (χ3v) is 13.9. The molecule has 0 N–H and O–H groups in total. The maximum absolute atomic E-state index is 7.35. The molecule has 0 saturated carbocycles. The van der Waals surface area contributed by atoms with Gasteiger partial charge >= 0.3 is 0 Å². The quantitative estimate of drug-likeness (QED) is 0.123. The average Bonchev–Trinajstić information content (AvgIpc) is 3.95. The maximum Gasteiger partial charge on any atom is 0.121 e. The number of hydrogen-bond donors (Lipinski definition) is 0. The molecule has 11 rings (SSSR count). The summed E-state index contributed by atoms with van der Waals surface area (Å²) >= 11 is 0. The Hall–Kier alpha value is -6.72. The van der Waals surface area contributed by atoms with E-state index in [4.69, 9.17) is 13.5 Å². The Morgan fingerprint density at radius 3 is 2.01 bits per heavy atom. The van der Waals surface area contributed by atoms with Gasteiger partial charge in [-0.1, -0.05) is 148 Å². The zero-order chi connectivity index (χ0) is 52.6. The second-order valence-electron chi connectivity index (χ2n) is 21.9. The zero-order valence-corrected chi connectivity index (χ0v) is 45.9. The third-order valence-electron chi connectivity index (χ3n) is 13.9. The average molecular weight is 1120 g/mol. The molecule has 5 nitrogen and oxygen atoms in total. The number of hydrogen-bond acceptors (Lipinski definition) is 4. The number of rotatable bonds is 6. The molecule has 11 aromatic rings. The summed E-state index contributed by atoms with van der Waals surface area (Å²) < 4.78 is 31.3. The normalized spacial score (nSPS) is 12.9. The molecule has 72 heavy (non-hydrogen) atoms.